The third-order valence-corrected chi connectivity index (χ3v) is 3.33. The number of halogens is 2. The summed E-state index contributed by atoms with van der Waals surface area (Å²) in [6.45, 7) is 0. The number of rotatable bonds is 1. The lowest BCUT2D eigenvalue weighted by Gasteiger charge is -2.14. The van der Waals surface area contributed by atoms with Crippen molar-refractivity contribution in [2.75, 3.05) is 12.4 Å². The number of ether oxygens (including phenoxy) is 1. The lowest BCUT2D eigenvalue weighted by molar-refractivity contribution is -0.116. The Morgan fingerprint density at radius 3 is 2.88 bits per heavy atom. The molecule has 1 aliphatic heterocycles. The van der Waals surface area contributed by atoms with Crippen molar-refractivity contribution < 1.29 is 9.53 Å². The Morgan fingerprint density at radius 2 is 2.19 bits per heavy atom. The molecule has 0 unspecified atom stereocenters. The first kappa shape index (κ1) is 11.6. The molecule has 1 aliphatic rings. The van der Waals surface area contributed by atoms with Gasteiger partial charge in [-0.1, -0.05) is 29.3 Å². The van der Waals surface area contributed by atoms with E-state index in [-0.39, 0.29) is 5.91 Å². The largest absolute Gasteiger partial charge is 0.497 e. The molecule has 1 amide bonds. The molecule has 1 heterocycles. The van der Waals surface area contributed by atoms with Crippen molar-refractivity contribution in [3.8, 4) is 5.75 Å². The second kappa shape index (κ2) is 4.15. The average Bonchev–Trinajstić information content (AvgIpc) is 2.36. The van der Waals surface area contributed by atoms with Crippen LogP contribution in [0.15, 0.2) is 18.2 Å². The second-order valence-corrected chi connectivity index (χ2v) is 5.17. The Bertz CT molecular complexity index is 432. The van der Waals surface area contributed by atoms with Gasteiger partial charge < -0.3 is 10.1 Å². The summed E-state index contributed by atoms with van der Waals surface area (Å²) in [5.41, 5.74) is 1.73. The van der Waals surface area contributed by atoms with Crippen molar-refractivity contribution in [1.29, 1.82) is 0 Å². The highest BCUT2D eigenvalue weighted by Gasteiger charge is 2.36. The van der Waals surface area contributed by atoms with Gasteiger partial charge in [0.2, 0.25) is 0 Å². The Labute approximate surface area is 104 Å². The minimum absolute atomic E-state index is 0.386. The van der Waals surface area contributed by atoms with Gasteiger partial charge in [-0.2, -0.15) is 0 Å². The van der Waals surface area contributed by atoms with Crippen molar-refractivity contribution in [3.05, 3.63) is 23.8 Å². The van der Waals surface area contributed by atoms with E-state index in [1.807, 2.05) is 12.1 Å². The van der Waals surface area contributed by atoms with Crippen molar-refractivity contribution in [3.63, 3.8) is 0 Å². The number of carbonyl (C=O) groups excluding carboxylic acids is 1. The fourth-order valence-corrected chi connectivity index (χ4v) is 1.92. The molecule has 0 aromatic heterocycles. The summed E-state index contributed by atoms with van der Waals surface area (Å²) in [6, 6.07) is 5.52. The van der Waals surface area contributed by atoms with Crippen LogP contribution < -0.4 is 10.1 Å². The van der Waals surface area contributed by atoms with Gasteiger partial charge in [0, 0.05) is 11.8 Å². The molecule has 16 heavy (non-hydrogen) atoms. The molecule has 0 aliphatic carbocycles. The number of alkyl halides is 2. The summed E-state index contributed by atoms with van der Waals surface area (Å²) >= 11 is 11.8. The molecule has 3 nitrogen and oxygen atoms in total. The maximum atomic E-state index is 11.7. The second-order valence-electron chi connectivity index (χ2n) is 3.68. The van der Waals surface area contributed by atoms with E-state index in [9.17, 15) is 4.79 Å². The quantitative estimate of drug-likeness (QED) is 0.788. The fourth-order valence-electron chi connectivity index (χ4n) is 1.64. The number of fused-ring (bicyclic) bond motifs is 1. The highest BCUT2D eigenvalue weighted by atomic mass is 35.5. The number of anilines is 1. The first-order valence-corrected chi connectivity index (χ1v) is 5.65. The number of aryl methyl sites for hydroxylation is 1. The number of nitrogens with one attached hydrogen (secondary N) is 1. The third kappa shape index (κ3) is 2.11. The molecule has 0 saturated carbocycles. The van der Waals surface area contributed by atoms with Gasteiger partial charge in [0.1, 0.15) is 5.75 Å². The zero-order valence-corrected chi connectivity index (χ0v) is 10.2. The predicted octanol–water partition coefficient (Wildman–Crippen LogP) is 2.75. The van der Waals surface area contributed by atoms with Crippen LogP contribution >= 0.6 is 23.2 Å². The Hall–Kier alpha value is -0.930. The standard InChI is InChI=1S/C11H11Cl2NO2/c1-16-8-3-2-7-4-5-11(12,13)10(15)14-9(7)6-8/h2-3,6H,4-5H2,1H3,(H,14,15). The van der Waals surface area contributed by atoms with Crippen LogP contribution in [0, 0.1) is 0 Å². The molecule has 0 fully saturated rings. The minimum atomic E-state index is -1.35. The summed E-state index contributed by atoms with van der Waals surface area (Å²) in [4.78, 5) is 11.7. The molecule has 0 atom stereocenters. The topological polar surface area (TPSA) is 38.3 Å². The molecule has 0 saturated heterocycles. The SMILES string of the molecule is COc1ccc2c(c1)NC(=O)C(Cl)(Cl)CC2. The van der Waals surface area contributed by atoms with Crippen LogP contribution in [0.2, 0.25) is 0 Å². The van der Waals surface area contributed by atoms with Gasteiger partial charge in [-0.25, -0.2) is 0 Å². The van der Waals surface area contributed by atoms with E-state index in [1.54, 1.807) is 13.2 Å². The molecule has 0 bridgehead atoms. The van der Waals surface area contributed by atoms with E-state index in [1.165, 1.54) is 0 Å². The lowest BCUT2D eigenvalue weighted by Crippen LogP contribution is -2.30. The van der Waals surface area contributed by atoms with E-state index in [0.29, 0.717) is 24.3 Å². The zero-order valence-electron chi connectivity index (χ0n) is 8.72. The number of amides is 1. The first-order valence-electron chi connectivity index (χ1n) is 4.89. The molecular weight excluding hydrogens is 249 g/mol. The third-order valence-electron chi connectivity index (χ3n) is 2.61. The molecule has 1 N–H and O–H groups in total. The normalized spacial score (nSPS) is 18.3. The first-order chi connectivity index (χ1) is 7.53. The summed E-state index contributed by atoms with van der Waals surface area (Å²) in [6.07, 6.45) is 1.06. The van der Waals surface area contributed by atoms with Crippen molar-refractivity contribution >= 4 is 34.8 Å². The van der Waals surface area contributed by atoms with E-state index >= 15 is 0 Å². The Morgan fingerprint density at radius 1 is 1.44 bits per heavy atom. The zero-order chi connectivity index (χ0) is 11.8. The molecule has 2 rings (SSSR count). The number of carbonyl (C=O) groups is 1. The van der Waals surface area contributed by atoms with Gasteiger partial charge in [0.25, 0.3) is 5.91 Å². The van der Waals surface area contributed by atoms with E-state index < -0.39 is 4.33 Å². The van der Waals surface area contributed by atoms with Crippen LogP contribution in [0.4, 0.5) is 5.69 Å². The smallest absolute Gasteiger partial charge is 0.260 e. The van der Waals surface area contributed by atoms with Crippen LogP contribution in [0.1, 0.15) is 12.0 Å². The van der Waals surface area contributed by atoms with Gasteiger partial charge in [-0.05, 0) is 24.5 Å². The average molecular weight is 260 g/mol. The highest BCUT2D eigenvalue weighted by Crippen LogP contribution is 2.35. The maximum Gasteiger partial charge on any atom is 0.260 e. The maximum absolute atomic E-state index is 11.7. The van der Waals surface area contributed by atoms with E-state index in [4.69, 9.17) is 27.9 Å². The van der Waals surface area contributed by atoms with Gasteiger partial charge >= 0.3 is 0 Å². The molecule has 1 aromatic carbocycles. The molecule has 0 radical (unpaired) electrons. The van der Waals surface area contributed by atoms with Crippen LogP contribution in [-0.2, 0) is 11.2 Å². The van der Waals surface area contributed by atoms with Gasteiger partial charge in [0.05, 0.1) is 7.11 Å². The highest BCUT2D eigenvalue weighted by molar-refractivity contribution is 6.59. The summed E-state index contributed by atoms with van der Waals surface area (Å²) in [5.74, 6) is 0.304. The lowest BCUT2D eigenvalue weighted by atomic mass is 10.1. The number of methoxy groups -OCH3 is 1. The summed E-state index contributed by atoms with van der Waals surface area (Å²) in [5, 5.41) is 2.70. The number of hydrogen-bond donors (Lipinski definition) is 1. The summed E-state index contributed by atoms with van der Waals surface area (Å²) < 4.78 is 3.74. The van der Waals surface area contributed by atoms with E-state index in [2.05, 4.69) is 5.32 Å². The molecular formula is C11H11Cl2NO2. The fraction of sp³-hybridized carbons (Fsp3) is 0.364. The Kier molecular flexibility index (Phi) is 3.00. The minimum Gasteiger partial charge on any atom is -0.497 e. The molecule has 0 spiro atoms. The number of benzene rings is 1. The van der Waals surface area contributed by atoms with Gasteiger partial charge in [-0.15, -0.1) is 0 Å². The predicted molar refractivity (Wildman–Crippen MR) is 64.4 cm³/mol. The van der Waals surface area contributed by atoms with E-state index in [0.717, 1.165) is 5.56 Å². The van der Waals surface area contributed by atoms with Crippen molar-refractivity contribution in [2.45, 2.75) is 17.2 Å². The molecule has 86 valence electrons. The van der Waals surface area contributed by atoms with Crippen molar-refractivity contribution in [2.24, 2.45) is 0 Å². The molecule has 5 heteroatoms. The van der Waals surface area contributed by atoms with Crippen LogP contribution in [0.3, 0.4) is 0 Å². The Balaban J connectivity index is 2.37. The van der Waals surface area contributed by atoms with Gasteiger partial charge in [-0.3, -0.25) is 4.79 Å². The molecule has 1 aromatic rings. The number of hydrogen-bond acceptors (Lipinski definition) is 2. The monoisotopic (exact) mass is 259 g/mol. The van der Waals surface area contributed by atoms with Crippen LogP contribution in [0.5, 0.6) is 5.75 Å². The van der Waals surface area contributed by atoms with Gasteiger partial charge in [0.15, 0.2) is 4.33 Å². The van der Waals surface area contributed by atoms with Crippen LogP contribution in [-0.4, -0.2) is 17.4 Å². The van der Waals surface area contributed by atoms with Crippen LogP contribution in [0.25, 0.3) is 0 Å². The van der Waals surface area contributed by atoms with Crippen molar-refractivity contribution in [1.82, 2.24) is 0 Å². The summed E-state index contributed by atoms with van der Waals surface area (Å²) in [7, 11) is 1.58.